The summed E-state index contributed by atoms with van der Waals surface area (Å²) >= 11 is 5.73. The fourth-order valence-electron chi connectivity index (χ4n) is 2.87. The van der Waals surface area contributed by atoms with Crippen molar-refractivity contribution in [1.29, 1.82) is 0 Å². The first-order valence-electron chi connectivity index (χ1n) is 7.42. The van der Waals surface area contributed by atoms with Crippen molar-refractivity contribution in [3.8, 4) is 12.3 Å². The van der Waals surface area contributed by atoms with E-state index in [1.807, 2.05) is 18.2 Å². The second-order valence-corrected chi connectivity index (χ2v) is 5.72. The summed E-state index contributed by atoms with van der Waals surface area (Å²) in [7, 11) is 0. The van der Waals surface area contributed by atoms with Crippen LogP contribution in [0.3, 0.4) is 0 Å². The Morgan fingerprint density at radius 1 is 1.10 bits per heavy atom. The fourth-order valence-corrected chi connectivity index (χ4v) is 3.05. The maximum Gasteiger partial charge on any atom is 0.0505 e. The molecule has 0 amide bonds. The number of alkyl halides is 1. The zero-order valence-corrected chi connectivity index (χ0v) is 12.9. The Bertz CT molecular complexity index is 609. The lowest BCUT2D eigenvalue weighted by molar-refractivity contribution is 0.207. The average molecular weight is 301 g/mol. The van der Waals surface area contributed by atoms with Gasteiger partial charge in [-0.05, 0) is 35.1 Å². The molecule has 0 bridgehead atoms. The second-order valence-electron chi connectivity index (χ2n) is 5.34. The van der Waals surface area contributed by atoms with Crippen LogP contribution < -0.4 is 0 Å². The van der Waals surface area contributed by atoms with Gasteiger partial charge in [-0.25, -0.2) is 0 Å². The second kappa shape index (κ2) is 8.08. The molecule has 0 aliphatic carbocycles. The summed E-state index contributed by atoms with van der Waals surface area (Å²) in [5.74, 6) is 3.58. The number of halogens is 1. The number of hydrogen-bond donors (Lipinski definition) is 1. The monoisotopic (exact) mass is 300 g/mol. The standard InChI is InChI=1S/C19H21ClO/c1-2-17(16(14-21)9-5-6-13-20)19-12-7-10-15-8-3-4-11-18(15)19/h1,3-4,7-8,10-12,16-17,21H,5-6,9,13-14H2/t16-,17+/m0/s1. The van der Waals surface area contributed by atoms with E-state index in [1.54, 1.807) is 0 Å². The van der Waals surface area contributed by atoms with Crippen molar-refractivity contribution in [3.63, 3.8) is 0 Å². The molecule has 2 rings (SSSR count). The molecule has 1 N–H and O–H groups in total. The van der Waals surface area contributed by atoms with Gasteiger partial charge in [0.2, 0.25) is 0 Å². The molecule has 2 aromatic carbocycles. The molecule has 2 atom stereocenters. The number of terminal acetylenes is 1. The molecule has 21 heavy (non-hydrogen) atoms. The molecule has 1 nitrogen and oxygen atoms in total. The summed E-state index contributed by atoms with van der Waals surface area (Å²) in [4.78, 5) is 0. The van der Waals surface area contributed by atoms with Crippen LogP contribution in [0.4, 0.5) is 0 Å². The van der Waals surface area contributed by atoms with Crippen molar-refractivity contribution < 1.29 is 5.11 Å². The van der Waals surface area contributed by atoms with E-state index in [9.17, 15) is 5.11 Å². The molecule has 0 spiro atoms. The van der Waals surface area contributed by atoms with E-state index in [2.05, 4.69) is 30.2 Å². The first-order chi connectivity index (χ1) is 10.3. The van der Waals surface area contributed by atoms with Gasteiger partial charge in [0.25, 0.3) is 0 Å². The third-order valence-corrected chi connectivity index (χ3v) is 4.27. The van der Waals surface area contributed by atoms with Crippen LogP contribution in [-0.4, -0.2) is 17.6 Å². The Morgan fingerprint density at radius 3 is 2.57 bits per heavy atom. The first-order valence-corrected chi connectivity index (χ1v) is 7.96. The molecule has 0 aliphatic rings. The number of rotatable bonds is 7. The van der Waals surface area contributed by atoms with Crippen molar-refractivity contribution in [2.75, 3.05) is 12.5 Å². The topological polar surface area (TPSA) is 20.2 Å². The highest BCUT2D eigenvalue weighted by Gasteiger charge is 2.22. The van der Waals surface area contributed by atoms with Crippen LogP contribution in [0.2, 0.25) is 0 Å². The molecule has 0 saturated heterocycles. The lowest BCUT2D eigenvalue weighted by atomic mass is 9.82. The molecule has 110 valence electrons. The van der Waals surface area contributed by atoms with Gasteiger partial charge in [-0.15, -0.1) is 18.0 Å². The molecular formula is C19H21ClO. The van der Waals surface area contributed by atoms with Crippen LogP contribution in [-0.2, 0) is 0 Å². The predicted molar refractivity (Wildman–Crippen MR) is 90.7 cm³/mol. The van der Waals surface area contributed by atoms with Gasteiger partial charge in [0, 0.05) is 12.5 Å². The van der Waals surface area contributed by atoms with Crippen LogP contribution in [0.1, 0.15) is 30.7 Å². The predicted octanol–water partition coefficient (Wildman–Crippen LogP) is 4.57. The van der Waals surface area contributed by atoms with Crippen molar-refractivity contribution in [1.82, 2.24) is 0 Å². The molecule has 0 heterocycles. The number of fused-ring (bicyclic) bond motifs is 1. The van der Waals surface area contributed by atoms with Crippen LogP contribution in [0.5, 0.6) is 0 Å². The summed E-state index contributed by atoms with van der Waals surface area (Å²) in [5.41, 5.74) is 1.14. The maximum atomic E-state index is 9.73. The lowest BCUT2D eigenvalue weighted by Crippen LogP contribution is -2.16. The first kappa shape index (κ1) is 15.9. The van der Waals surface area contributed by atoms with Crippen molar-refractivity contribution >= 4 is 22.4 Å². The Hall–Kier alpha value is -1.49. The van der Waals surface area contributed by atoms with E-state index in [4.69, 9.17) is 18.0 Å². The normalized spacial score (nSPS) is 13.8. The summed E-state index contributed by atoms with van der Waals surface area (Å²) in [5, 5.41) is 12.1. The Labute approximate surface area is 131 Å². The highest BCUT2D eigenvalue weighted by atomic mass is 35.5. The third kappa shape index (κ3) is 3.79. The Kier molecular flexibility index (Phi) is 6.11. The molecular weight excluding hydrogens is 280 g/mol. The van der Waals surface area contributed by atoms with Crippen LogP contribution >= 0.6 is 11.6 Å². The zero-order chi connectivity index (χ0) is 15.1. The number of hydrogen-bond acceptors (Lipinski definition) is 1. The van der Waals surface area contributed by atoms with Crippen molar-refractivity contribution in [3.05, 3.63) is 48.0 Å². The quantitative estimate of drug-likeness (QED) is 0.451. The van der Waals surface area contributed by atoms with Gasteiger partial charge in [-0.3, -0.25) is 0 Å². The highest BCUT2D eigenvalue weighted by molar-refractivity contribution is 6.17. The molecule has 0 aliphatic heterocycles. The number of aliphatic hydroxyl groups excluding tert-OH is 1. The summed E-state index contributed by atoms with van der Waals surface area (Å²) in [6.07, 6.45) is 8.65. The molecule has 0 radical (unpaired) electrons. The van der Waals surface area contributed by atoms with Gasteiger partial charge in [-0.1, -0.05) is 54.8 Å². The van der Waals surface area contributed by atoms with Gasteiger partial charge >= 0.3 is 0 Å². The number of aliphatic hydroxyl groups is 1. The average Bonchev–Trinajstić information content (AvgIpc) is 2.54. The fraction of sp³-hybridized carbons (Fsp3) is 0.368. The Morgan fingerprint density at radius 2 is 1.86 bits per heavy atom. The van der Waals surface area contributed by atoms with E-state index in [0.29, 0.717) is 5.88 Å². The van der Waals surface area contributed by atoms with Crippen LogP contribution in [0, 0.1) is 18.3 Å². The van der Waals surface area contributed by atoms with E-state index >= 15 is 0 Å². The van der Waals surface area contributed by atoms with Gasteiger partial charge in [0.1, 0.15) is 0 Å². The largest absolute Gasteiger partial charge is 0.396 e. The summed E-state index contributed by atoms with van der Waals surface area (Å²) in [6, 6.07) is 14.5. The van der Waals surface area contributed by atoms with E-state index in [-0.39, 0.29) is 18.4 Å². The minimum absolute atomic E-state index is 0.0589. The van der Waals surface area contributed by atoms with Crippen molar-refractivity contribution in [2.24, 2.45) is 5.92 Å². The molecule has 0 aromatic heterocycles. The molecule has 0 fully saturated rings. The van der Waals surface area contributed by atoms with E-state index in [1.165, 1.54) is 10.8 Å². The van der Waals surface area contributed by atoms with Crippen LogP contribution in [0.15, 0.2) is 42.5 Å². The smallest absolute Gasteiger partial charge is 0.0505 e. The van der Waals surface area contributed by atoms with Gasteiger partial charge in [0.15, 0.2) is 0 Å². The minimum Gasteiger partial charge on any atom is -0.396 e. The van der Waals surface area contributed by atoms with Crippen molar-refractivity contribution in [2.45, 2.75) is 25.2 Å². The SMILES string of the molecule is C#C[C@@H](c1cccc2ccccc12)[C@H](CO)CCCCCl. The van der Waals surface area contributed by atoms with Gasteiger partial charge in [0.05, 0.1) is 5.92 Å². The lowest BCUT2D eigenvalue weighted by Gasteiger charge is -2.23. The Balaban J connectivity index is 2.32. The van der Waals surface area contributed by atoms with Gasteiger partial charge in [-0.2, -0.15) is 0 Å². The molecule has 0 unspecified atom stereocenters. The summed E-state index contributed by atoms with van der Waals surface area (Å²) in [6.45, 7) is 0.111. The number of unbranched alkanes of at least 4 members (excludes halogenated alkanes) is 1. The van der Waals surface area contributed by atoms with Gasteiger partial charge < -0.3 is 5.11 Å². The number of benzene rings is 2. The van der Waals surface area contributed by atoms with Crippen LogP contribution in [0.25, 0.3) is 10.8 Å². The molecule has 2 aromatic rings. The minimum atomic E-state index is -0.0589. The summed E-state index contributed by atoms with van der Waals surface area (Å²) < 4.78 is 0. The third-order valence-electron chi connectivity index (χ3n) is 4.00. The zero-order valence-electron chi connectivity index (χ0n) is 12.1. The highest BCUT2D eigenvalue weighted by Crippen LogP contribution is 2.32. The van der Waals surface area contributed by atoms with E-state index in [0.717, 1.165) is 24.8 Å². The maximum absolute atomic E-state index is 9.73. The van der Waals surface area contributed by atoms with E-state index < -0.39 is 0 Å². The molecule has 0 saturated carbocycles. The molecule has 2 heteroatoms.